The molecule has 1 aliphatic rings. The summed E-state index contributed by atoms with van der Waals surface area (Å²) in [5, 5.41) is 9.51. The van der Waals surface area contributed by atoms with Crippen molar-refractivity contribution < 1.29 is 9.90 Å². The molecule has 1 aliphatic heterocycles. The molecule has 0 atom stereocenters. The van der Waals surface area contributed by atoms with Crippen molar-refractivity contribution in [1.29, 1.82) is 0 Å². The van der Waals surface area contributed by atoms with Crippen molar-refractivity contribution in [3.63, 3.8) is 0 Å². The number of nitrogens with two attached hydrogens (primary N) is 1. The Bertz CT molecular complexity index is 428. The van der Waals surface area contributed by atoms with Gasteiger partial charge < -0.3 is 5.11 Å². The molecule has 5 heteroatoms. The summed E-state index contributed by atoms with van der Waals surface area (Å²) >= 11 is 0. The SMILES string of the molecule is NNC(=O)Cc1ccccc1CN1CCC(O)CC1. The van der Waals surface area contributed by atoms with Crippen molar-refractivity contribution >= 4 is 5.91 Å². The van der Waals surface area contributed by atoms with E-state index in [-0.39, 0.29) is 12.0 Å². The lowest BCUT2D eigenvalue weighted by Gasteiger charge is -2.30. The summed E-state index contributed by atoms with van der Waals surface area (Å²) in [6, 6.07) is 7.92. The van der Waals surface area contributed by atoms with Gasteiger partial charge in [-0.3, -0.25) is 15.1 Å². The molecule has 1 aromatic rings. The maximum absolute atomic E-state index is 11.4. The van der Waals surface area contributed by atoms with Crippen molar-refractivity contribution in [3.8, 4) is 0 Å². The van der Waals surface area contributed by atoms with Crippen LogP contribution in [0.1, 0.15) is 24.0 Å². The molecule has 4 N–H and O–H groups in total. The number of carbonyl (C=O) groups excluding carboxylic acids is 1. The molecule has 0 unspecified atom stereocenters. The first-order chi connectivity index (χ1) is 9.19. The van der Waals surface area contributed by atoms with Gasteiger partial charge in [0.2, 0.25) is 5.91 Å². The van der Waals surface area contributed by atoms with Crippen molar-refractivity contribution in [2.45, 2.75) is 31.9 Å². The molecule has 1 heterocycles. The van der Waals surface area contributed by atoms with Gasteiger partial charge in [-0.1, -0.05) is 24.3 Å². The van der Waals surface area contributed by atoms with Crippen LogP contribution in [0.4, 0.5) is 0 Å². The van der Waals surface area contributed by atoms with Crippen LogP contribution in [0, 0.1) is 0 Å². The number of benzene rings is 1. The Labute approximate surface area is 113 Å². The molecule has 0 spiro atoms. The first kappa shape index (κ1) is 14.0. The third kappa shape index (κ3) is 4.02. The average Bonchev–Trinajstić information content (AvgIpc) is 2.43. The zero-order valence-electron chi connectivity index (χ0n) is 11.0. The number of aliphatic hydroxyl groups is 1. The van der Waals surface area contributed by atoms with Crippen LogP contribution < -0.4 is 11.3 Å². The highest BCUT2D eigenvalue weighted by Gasteiger charge is 2.18. The number of hydrogen-bond acceptors (Lipinski definition) is 4. The number of nitrogens with one attached hydrogen (secondary N) is 1. The number of piperidine rings is 1. The molecule has 104 valence electrons. The first-order valence-corrected chi connectivity index (χ1v) is 6.65. The number of rotatable bonds is 4. The van der Waals surface area contributed by atoms with E-state index >= 15 is 0 Å². The minimum atomic E-state index is -0.179. The molecule has 0 bridgehead atoms. The smallest absolute Gasteiger partial charge is 0.238 e. The van der Waals surface area contributed by atoms with Crippen LogP contribution in [0.3, 0.4) is 0 Å². The van der Waals surface area contributed by atoms with E-state index in [4.69, 9.17) is 5.84 Å². The van der Waals surface area contributed by atoms with Crippen LogP contribution in [0.15, 0.2) is 24.3 Å². The highest BCUT2D eigenvalue weighted by molar-refractivity contribution is 5.78. The fraction of sp³-hybridized carbons (Fsp3) is 0.500. The summed E-state index contributed by atoms with van der Waals surface area (Å²) in [5.41, 5.74) is 4.33. The number of carbonyl (C=O) groups is 1. The molecule has 1 amide bonds. The van der Waals surface area contributed by atoms with Crippen LogP contribution in [0.2, 0.25) is 0 Å². The largest absolute Gasteiger partial charge is 0.393 e. The molecule has 0 aliphatic carbocycles. The van der Waals surface area contributed by atoms with Gasteiger partial charge in [-0.15, -0.1) is 0 Å². The topological polar surface area (TPSA) is 78.6 Å². The van der Waals surface area contributed by atoms with Gasteiger partial charge in [0.15, 0.2) is 0 Å². The number of nitrogens with zero attached hydrogens (tertiary/aromatic N) is 1. The molecular formula is C14H21N3O2. The quantitative estimate of drug-likeness (QED) is 0.411. The molecule has 1 fully saturated rings. The second kappa shape index (κ2) is 6.65. The van der Waals surface area contributed by atoms with Gasteiger partial charge in [0.05, 0.1) is 12.5 Å². The molecule has 5 nitrogen and oxygen atoms in total. The van der Waals surface area contributed by atoms with Gasteiger partial charge in [-0.05, 0) is 24.0 Å². The number of aliphatic hydroxyl groups excluding tert-OH is 1. The van der Waals surface area contributed by atoms with E-state index in [2.05, 4.69) is 10.3 Å². The lowest BCUT2D eigenvalue weighted by molar-refractivity contribution is -0.120. The third-order valence-electron chi connectivity index (χ3n) is 3.58. The summed E-state index contributed by atoms with van der Waals surface area (Å²) in [6.07, 6.45) is 1.80. The first-order valence-electron chi connectivity index (χ1n) is 6.65. The zero-order valence-corrected chi connectivity index (χ0v) is 11.0. The summed E-state index contributed by atoms with van der Waals surface area (Å²) in [7, 11) is 0. The van der Waals surface area contributed by atoms with Gasteiger partial charge in [0.25, 0.3) is 0 Å². The van der Waals surface area contributed by atoms with Gasteiger partial charge in [-0.2, -0.15) is 0 Å². The third-order valence-corrected chi connectivity index (χ3v) is 3.58. The number of amides is 1. The Morgan fingerprint density at radius 3 is 2.58 bits per heavy atom. The fourth-order valence-electron chi connectivity index (χ4n) is 2.43. The maximum Gasteiger partial charge on any atom is 0.238 e. The lowest BCUT2D eigenvalue weighted by atomic mass is 10.0. The summed E-state index contributed by atoms with van der Waals surface area (Å²) < 4.78 is 0. The predicted molar refractivity (Wildman–Crippen MR) is 73.0 cm³/mol. The van der Waals surface area contributed by atoms with Crippen molar-refractivity contribution in [2.24, 2.45) is 5.84 Å². The zero-order chi connectivity index (χ0) is 13.7. The van der Waals surface area contributed by atoms with E-state index in [0.717, 1.165) is 43.6 Å². The van der Waals surface area contributed by atoms with Gasteiger partial charge >= 0.3 is 0 Å². The molecule has 0 aromatic heterocycles. The van der Waals surface area contributed by atoms with Crippen molar-refractivity contribution in [3.05, 3.63) is 35.4 Å². The Morgan fingerprint density at radius 1 is 1.32 bits per heavy atom. The van der Waals surface area contributed by atoms with E-state index in [1.165, 1.54) is 0 Å². The van der Waals surface area contributed by atoms with Crippen molar-refractivity contribution in [1.82, 2.24) is 10.3 Å². The summed E-state index contributed by atoms with van der Waals surface area (Å²) in [5.74, 6) is 4.95. The summed E-state index contributed by atoms with van der Waals surface area (Å²) in [6.45, 7) is 2.62. The molecule has 1 aromatic carbocycles. The van der Waals surface area contributed by atoms with Crippen LogP contribution in [-0.4, -0.2) is 35.1 Å². The standard InChI is InChI=1S/C14H21N3O2/c15-16-14(19)9-11-3-1-2-4-12(11)10-17-7-5-13(18)6-8-17/h1-4,13,18H,5-10,15H2,(H,16,19). The second-order valence-electron chi connectivity index (χ2n) is 5.02. The van der Waals surface area contributed by atoms with Crippen LogP contribution in [0.25, 0.3) is 0 Å². The minimum Gasteiger partial charge on any atom is -0.393 e. The second-order valence-corrected chi connectivity index (χ2v) is 5.02. The number of likely N-dealkylation sites (tertiary alicyclic amines) is 1. The van der Waals surface area contributed by atoms with Gasteiger partial charge in [0, 0.05) is 19.6 Å². The predicted octanol–water partition coefficient (Wildman–Crippen LogP) is 0.176. The Morgan fingerprint density at radius 2 is 1.95 bits per heavy atom. The number of hydrogen-bond donors (Lipinski definition) is 3. The van der Waals surface area contributed by atoms with Crippen LogP contribution in [-0.2, 0) is 17.8 Å². The Balaban J connectivity index is 2.01. The maximum atomic E-state index is 11.4. The van der Waals surface area contributed by atoms with E-state index in [9.17, 15) is 9.90 Å². The Kier molecular flexibility index (Phi) is 4.90. The molecule has 19 heavy (non-hydrogen) atoms. The van der Waals surface area contributed by atoms with E-state index in [1.807, 2.05) is 24.3 Å². The molecular weight excluding hydrogens is 242 g/mol. The summed E-state index contributed by atoms with van der Waals surface area (Å²) in [4.78, 5) is 13.7. The van der Waals surface area contributed by atoms with E-state index < -0.39 is 0 Å². The normalized spacial score (nSPS) is 17.4. The fourth-order valence-corrected chi connectivity index (χ4v) is 2.43. The molecule has 2 rings (SSSR count). The van der Waals surface area contributed by atoms with Crippen LogP contribution >= 0.6 is 0 Å². The van der Waals surface area contributed by atoms with Crippen molar-refractivity contribution in [2.75, 3.05) is 13.1 Å². The highest BCUT2D eigenvalue weighted by Crippen LogP contribution is 2.16. The highest BCUT2D eigenvalue weighted by atomic mass is 16.3. The average molecular weight is 263 g/mol. The van der Waals surface area contributed by atoms with Gasteiger partial charge in [-0.25, -0.2) is 5.84 Å². The van der Waals surface area contributed by atoms with E-state index in [1.54, 1.807) is 0 Å². The van der Waals surface area contributed by atoms with Gasteiger partial charge in [0.1, 0.15) is 0 Å². The molecule has 0 radical (unpaired) electrons. The lowest BCUT2D eigenvalue weighted by Crippen LogP contribution is -2.36. The van der Waals surface area contributed by atoms with Crippen LogP contribution in [0.5, 0.6) is 0 Å². The molecule has 1 saturated heterocycles. The Hall–Kier alpha value is -1.43. The minimum absolute atomic E-state index is 0.158. The monoisotopic (exact) mass is 263 g/mol. The number of hydrazine groups is 1. The molecule has 0 saturated carbocycles. The van der Waals surface area contributed by atoms with E-state index in [0.29, 0.717) is 6.42 Å².